The average Bonchev–Trinajstić information content (AvgIpc) is 3.22. The number of carbonyl (C=O) groups is 3. The molecule has 3 aliphatic rings. The number of aliphatic hydroxyl groups is 1. The van der Waals surface area contributed by atoms with Crippen molar-refractivity contribution in [3.8, 4) is 0 Å². The number of nitrogens with one attached hydrogen (secondary N) is 4. The summed E-state index contributed by atoms with van der Waals surface area (Å²) in [5.74, 6) is -2.53. The standard InChI is InChI=1S/C17H25N5O5S2/c1-6-11-10(7(2)23)15(25)22(11)12(16(26)27)13(6)29-8-4-9(19-5-8)14(24)20-21-17(28)18-3/h6-11,19,23H,4-5H2,1-3H3,(H,20,24)(H,26,27)(H2,18,21,28)/t6-,7-,8+,9+,10-,11?/m1/s1. The minimum absolute atomic E-state index is 0.00309. The molecule has 0 aromatic rings. The maximum absolute atomic E-state index is 12.4. The number of β-lactam (4-membered cyclic amide) rings is 1. The molecule has 3 heterocycles. The number of carboxylic acid groups (broad SMARTS) is 1. The summed E-state index contributed by atoms with van der Waals surface area (Å²) < 4.78 is 0. The van der Waals surface area contributed by atoms with E-state index in [1.54, 1.807) is 14.0 Å². The predicted molar refractivity (Wildman–Crippen MR) is 110 cm³/mol. The summed E-state index contributed by atoms with van der Waals surface area (Å²) in [7, 11) is 1.63. The number of thioether (sulfide) groups is 1. The Morgan fingerprint density at radius 2 is 2.07 bits per heavy atom. The van der Waals surface area contributed by atoms with Gasteiger partial charge in [0.25, 0.3) is 5.91 Å². The molecule has 0 aromatic heterocycles. The van der Waals surface area contributed by atoms with Crippen LogP contribution in [-0.4, -0.2) is 75.0 Å². The van der Waals surface area contributed by atoms with E-state index in [0.717, 1.165) is 0 Å². The number of rotatable bonds is 5. The number of fused-ring (bicyclic) bond motifs is 1. The van der Waals surface area contributed by atoms with Crippen LogP contribution in [0.1, 0.15) is 20.3 Å². The van der Waals surface area contributed by atoms with E-state index < -0.39 is 24.0 Å². The third-order valence-corrected chi connectivity index (χ3v) is 7.36. The second-order valence-electron chi connectivity index (χ2n) is 7.40. The molecule has 0 radical (unpaired) electrons. The van der Waals surface area contributed by atoms with E-state index in [1.807, 2.05) is 6.92 Å². The van der Waals surface area contributed by atoms with E-state index in [-0.39, 0.29) is 34.7 Å². The molecule has 2 saturated heterocycles. The van der Waals surface area contributed by atoms with Crippen molar-refractivity contribution >= 4 is 46.9 Å². The topological polar surface area (TPSA) is 143 Å². The van der Waals surface area contributed by atoms with Crippen molar-refractivity contribution < 1.29 is 24.6 Å². The molecule has 2 amide bonds. The Balaban J connectivity index is 1.67. The molecule has 0 saturated carbocycles. The fourth-order valence-corrected chi connectivity index (χ4v) is 5.65. The maximum atomic E-state index is 12.4. The van der Waals surface area contributed by atoms with Gasteiger partial charge in [-0.2, -0.15) is 0 Å². The Morgan fingerprint density at radius 1 is 1.38 bits per heavy atom. The second kappa shape index (κ2) is 8.46. The number of nitrogens with zero attached hydrogens (tertiary/aromatic N) is 1. The minimum atomic E-state index is -1.15. The van der Waals surface area contributed by atoms with Gasteiger partial charge >= 0.3 is 5.97 Å². The van der Waals surface area contributed by atoms with Crippen molar-refractivity contribution in [3.05, 3.63) is 10.6 Å². The molecular weight excluding hydrogens is 418 g/mol. The van der Waals surface area contributed by atoms with Crippen LogP contribution < -0.4 is 21.5 Å². The molecule has 160 valence electrons. The van der Waals surface area contributed by atoms with Crippen LogP contribution in [0.25, 0.3) is 0 Å². The van der Waals surface area contributed by atoms with Crippen LogP contribution >= 0.6 is 24.0 Å². The van der Waals surface area contributed by atoms with Crippen molar-refractivity contribution in [1.82, 2.24) is 26.4 Å². The number of aliphatic hydroxyl groups excluding tert-OH is 1. The van der Waals surface area contributed by atoms with Crippen LogP contribution in [0.5, 0.6) is 0 Å². The first-order valence-electron chi connectivity index (χ1n) is 9.33. The number of hydrazine groups is 1. The SMILES string of the molecule is CNC(=S)NNC(=O)[C@@H]1C[C@H](SC2=C(C(=O)O)N3C(=O)[C@H]([C@@H](C)O)C3[C@H]2C)CN1. The Morgan fingerprint density at radius 3 is 2.66 bits per heavy atom. The summed E-state index contributed by atoms with van der Waals surface area (Å²) in [5, 5.41) is 25.7. The molecule has 0 bridgehead atoms. The molecule has 10 nitrogen and oxygen atoms in total. The number of thiocarbonyl (C=S) groups is 1. The zero-order chi connectivity index (χ0) is 21.5. The third kappa shape index (κ3) is 3.93. The van der Waals surface area contributed by atoms with E-state index >= 15 is 0 Å². The normalized spacial score (nSPS) is 31.8. The summed E-state index contributed by atoms with van der Waals surface area (Å²) >= 11 is 6.30. The van der Waals surface area contributed by atoms with Crippen LogP contribution in [0.4, 0.5) is 0 Å². The van der Waals surface area contributed by atoms with Gasteiger partial charge in [-0.1, -0.05) is 6.92 Å². The highest BCUT2D eigenvalue weighted by atomic mass is 32.2. The van der Waals surface area contributed by atoms with E-state index in [9.17, 15) is 24.6 Å². The van der Waals surface area contributed by atoms with Gasteiger partial charge in [-0.3, -0.25) is 20.4 Å². The first-order chi connectivity index (χ1) is 13.7. The fourth-order valence-electron chi connectivity index (χ4n) is 4.12. The minimum Gasteiger partial charge on any atom is -0.477 e. The average molecular weight is 444 g/mol. The molecule has 3 rings (SSSR count). The van der Waals surface area contributed by atoms with E-state index in [2.05, 4.69) is 21.5 Å². The number of hydrogen-bond acceptors (Lipinski definition) is 7. The Kier molecular flexibility index (Phi) is 6.36. The van der Waals surface area contributed by atoms with Gasteiger partial charge in [0.15, 0.2) is 5.11 Å². The summed E-state index contributed by atoms with van der Waals surface area (Å²) in [6.45, 7) is 3.96. The molecule has 6 N–H and O–H groups in total. The quantitative estimate of drug-likeness (QED) is 0.173. The summed E-state index contributed by atoms with van der Waals surface area (Å²) in [6.07, 6.45) is -0.325. The first-order valence-corrected chi connectivity index (χ1v) is 10.6. The van der Waals surface area contributed by atoms with Gasteiger partial charge in [-0.15, -0.1) is 11.8 Å². The van der Waals surface area contributed by atoms with Gasteiger partial charge in [-0.05, 0) is 25.6 Å². The zero-order valence-electron chi connectivity index (χ0n) is 16.3. The maximum Gasteiger partial charge on any atom is 0.353 e. The van der Waals surface area contributed by atoms with Gasteiger partial charge < -0.3 is 25.7 Å². The molecule has 3 aliphatic heterocycles. The Bertz CT molecular complexity index is 773. The largest absolute Gasteiger partial charge is 0.477 e. The summed E-state index contributed by atoms with van der Waals surface area (Å²) in [5.41, 5.74) is 5.11. The number of amides is 2. The smallest absolute Gasteiger partial charge is 0.353 e. The van der Waals surface area contributed by atoms with E-state index in [0.29, 0.717) is 23.0 Å². The third-order valence-electron chi connectivity index (χ3n) is 5.54. The van der Waals surface area contributed by atoms with Crippen molar-refractivity contribution in [2.45, 2.75) is 43.7 Å². The number of carboxylic acids is 1. The van der Waals surface area contributed by atoms with Crippen molar-refractivity contribution in [3.63, 3.8) is 0 Å². The van der Waals surface area contributed by atoms with Crippen molar-refractivity contribution in [1.29, 1.82) is 0 Å². The molecular formula is C17H25N5O5S2. The fraction of sp³-hybridized carbons (Fsp3) is 0.647. The van der Waals surface area contributed by atoms with Gasteiger partial charge in [0.1, 0.15) is 5.70 Å². The lowest BCUT2D eigenvalue weighted by Crippen LogP contribution is -2.63. The summed E-state index contributed by atoms with van der Waals surface area (Å²) in [6, 6.07) is -0.773. The molecule has 0 spiro atoms. The molecule has 0 aromatic carbocycles. The van der Waals surface area contributed by atoms with Crippen LogP contribution in [-0.2, 0) is 14.4 Å². The lowest BCUT2D eigenvalue weighted by atomic mass is 9.79. The van der Waals surface area contributed by atoms with Crippen molar-refractivity contribution in [2.75, 3.05) is 13.6 Å². The molecule has 12 heteroatoms. The highest BCUT2D eigenvalue weighted by Gasteiger charge is 2.60. The van der Waals surface area contributed by atoms with E-state index in [1.165, 1.54) is 16.7 Å². The van der Waals surface area contributed by atoms with E-state index in [4.69, 9.17) is 12.2 Å². The van der Waals surface area contributed by atoms with Crippen LogP contribution in [0.15, 0.2) is 10.6 Å². The molecule has 2 fully saturated rings. The lowest BCUT2D eigenvalue weighted by Gasteiger charge is -2.46. The molecule has 6 atom stereocenters. The van der Waals surface area contributed by atoms with Crippen LogP contribution in [0, 0.1) is 11.8 Å². The van der Waals surface area contributed by atoms with Crippen LogP contribution in [0.2, 0.25) is 0 Å². The highest BCUT2D eigenvalue weighted by Crippen LogP contribution is 2.51. The number of carbonyl (C=O) groups excluding carboxylic acids is 2. The summed E-state index contributed by atoms with van der Waals surface area (Å²) in [4.78, 5) is 38.4. The van der Waals surface area contributed by atoms with Gasteiger partial charge in [-0.25, -0.2) is 4.79 Å². The first kappa shape index (κ1) is 21.8. The second-order valence-corrected chi connectivity index (χ2v) is 9.15. The molecule has 1 unspecified atom stereocenters. The van der Waals surface area contributed by atoms with Crippen molar-refractivity contribution in [2.24, 2.45) is 11.8 Å². The monoisotopic (exact) mass is 443 g/mol. The van der Waals surface area contributed by atoms with Gasteiger partial charge in [0.05, 0.1) is 24.1 Å². The molecule has 0 aliphatic carbocycles. The van der Waals surface area contributed by atoms with Gasteiger partial charge in [0.2, 0.25) is 5.91 Å². The Labute approximate surface area is 177 Å². The number of hydrogen-bond donors (Lipinski definition) is 6. The Hall–Kier alpha value is -1.89. The van der Waals surface area contributed by atoms with Crippen LogP contribution in [0.3, 0.4) is 0 Å². The van der Waals surface area contributed by atoms with Gasteiger partial charge in [0, 0.05) is 29.7 Å². The predicted octanol–water partition coefficient (Wildman–Crippen LogP) is -1.27. The number of aliphatic carboxylic acids is 1. The lowest BCUT2D eigenvalue weighted by molar-refractivity contribution is -0.163. The zero-order valence-corrected chi connectivity index (χ0v) is 17.9. The molecule has 29 heavy (non-hydrogen) atoms. The highest BCUT2D eigenvalue weighted by molar-refractivity contribution is 8.03.